The highest BCUT2D eigenvalue weighted by molar-refractivity contribution is 7.71. The molecule has 4 nitrogen and oxygen atoms in total. The molecule has 0 aliphatic carbocycles. The van der Waals surface area contributed by atoms with Crippen molar-refractivity contribution >= 4 is 12.2 Å². The Morgan fingerprint density at radius 1 is 1.69 bits per heavy atom. The molecule has 1 aromatic rings. The van der Waals surface area contributed by atoms with Gasteiger partial charge in [-0.2, -0.15) is 0 Å². The van der Waals surface area contributed by atoms with Gasteiger partial charge < -0.3 is 14.5 Å². The van der Waals surface area contributed by atoms with Crippen LogP contribution in [0.4, 0.5) is 0 Å². The Morgan fingerprint density at radius 3 is 3.12 bits per heavy atom. The number of aromatic nitrogens is 2. The normalized spacial score (nSPS) is 24.9. The predicted octanol–water partition coefficient (Wildman–Crippen LogP) is 2.31. The van der Waals surface area contributed by atoms with Crippen LogP contribution in [0.2, 0.25) is 0 Å². The molecule has 5 heteroatoms. The van der Waals surface area contributed by atoms with E-state index in [1.54, 1.807) is 7.11 Å². The molecule has 0 amide bonds. The van der Waals surface area contributed by atoms with Crippen LogP contribution in [0.5, 0.6) is 0 Å². The van der Waals surface area contributed by atoms with E-state index in [4.69, 9.17) is 21.7 Å². The van der Waals surface area contributed by atoms with Crippen molar-refractivity contribution < 1.29 is 9.47 Å². The number of aromatic amines is 1. The standard InChI is InChI=1S/C11H16N2O2S/c1-11(4-3-5-15-11)10-12-8(7-14-2)6-9(16)13-10/h6H,3-5,7H2,1-2H3,(H,12,13,16). The van der Waals surface area contributed by atoms with E-state index in [1.165, 1.54) is 0 Å². The molecule has 0 radical (unpaired) electrons. The van der Waals surface area contributed by atoms with E-state index in [2.05, 4.69) is 9.97 Å². The topological polar surface area (TPSA) is 47.1 Å². The number of H-pyrrole nitrogens is 1. The summed E-state index contributed by atoms with van der Waals surface area (Å²) < 4.78 is 11.4. The van der Waals surface area contributed by atoms with Gasteiger partial charge in [0.25, 0.3) is 0 Å². The van der Waals surface area contributed by atoms with Crippen molar-refractivity contribution in [2.24, 2.45) is 0 Å². The van der Waals surface area contributed by atoms with Gasteiger partial charge in [-0.1, -0.05) is 12.2 Å². The summed E-state index contributed by atoms with van der Waals surface area (Å²) in [7, 11) is 1.66. The predicted molar refractivity (Wildman–Crippen MR) is 62.7 cm³/mol. The molecule has 1 unspecified atom stereocenters. The van der Waals surface area contributed by atoms with E-state index in [0.717, 1.165) is 31.0 Å². The third-order valence-electron chi connectivity index (χ3n) is 2.82. The fourth-order valence-electron chi connectivity index (χ4n) is 1.96. The minimum Gasteiger partial charge on any atom is -0.378 e. The Morgan fingerprint density at radius 2 is 2.50 bits per heavy atom. The van der Waals surface area contributed by atoms with Crippen molar-refractivity contribution in [3.8, 4) is 0 Å². The Bertz CT molecular complexity index is 424. The molecule has 0 spiro atoms. The van der Waals surface area contributed by atoms with Crippen LogP contribution in [0, 0.1) is 4.64 Å². The van der Waals surface area contributed by atoms with Gasteiger partial charge in [0.1, 0.15) is 16.1 Å². The van der Waals surface area contributed by atoms with Crippen LogP contribution < -0.4 is 0 Å². The number of methoxy groups -OCH3 is 1. The molecule has 1 aliphatic heterocycles. The molecule has 0 bridgehead atoms. The van der Waals surface area contributed by atoms with Crippen molar-refractivity contribution in [1.82, 2.24) is 9.97 Å². The summed E-state index contributed by atoms with van der Waals surface area (Å²) in [5.74, 6) is 0.810. The van der Waals surface area contributed by atoms with E-state index in [-0.39, 0.29) is 5.60 Å². The average molecular weight is 240 g/mol. The second-order valence-electron chi connectivity index (χ2n) is 4.21. The molecule has 0 aromatic carbocycles. The maximum absolute atomic E-state index is 5.73. The molecule has 1 aromatic heterocycles. The quantitative estimate of drug-likeness (QED) is 0.824. The number of hydrogen-bond donors (Lipinski definition) is 1. The van der Waals surface area contributed by atoms with Gasteiger partial charge >= 0.3 is 0 Å². The van der Waals surface area contributed by atoms with Crippen molar-refractivity contribution in [3.63, 3.8) is 0 Å². The molecule has 1 N–H and O–H groups in total. The first-order valence-corrected chi connectivity index (χ1v) is 5.78. The Hall–Kier alpha value is -0.780. The summed E-state index contributed by atoms with van der Waals surface area (Å²) in [4.78, 5) is 7.59. The lowest BCUT2D eigenvalue weighted by atomic mass is 10.0. The maximum atomic E-state index is 5.73. The van der Waals surface area contributed by atoms with Crippen molar-refractivity contribution in [2.75, 3.05) is 13.7 Å². The Labute approximate surface area is 100 Å². The Balaban J connectivity index is 2.36. The number of nitrogens with one attached hydrogen (secondary N) is 1. The third-order valence-corrected chi connectivity index (χ3v) is 3.03. The van der Waals surface area contributed by atoms with Crippen LogP contribution in [-0.2, 0) is 21.7 Å². The first-order valence-electron chi connectivity index (χ1n) is 5.38. The molecule has 1 fully saturated rings. The average Bonchev–Trinajstić information content (AvgIpc) is 2.66. The monoisotopic (exact) mass is 240 g/mol. The van der Waals surface area contributed by atoms with E-state index in [1.807, 2.05) is 13.0 Å². The van der Waals surface area contributed by atoms with Gasteiger partial charge in [-0.3, -0.25) is 0 Å². The zero-order valence-electron chi connectivity index (χ0n) is 9.58. The summed E-state index contributed by atoms with van der Waals surface area (Å²) in [6.45, 7) is 3.34. The van der Waals surface area contributed by atoms with Gasteiger partial charge in [0.2, 0.25) is 0 Å². The molecule has 1 aliphatic rings. The van der Waals surface area contributed by atoms with Gasteiger partial charge in [0, 0.05) is 19.4 Å². The van der Waals surface area contributed by atoms with E-state index in [0.29, 0.717) is 11.2 Å². The summed E-state index contributed by atoms with van der Waals surface area (Å²) in [6, 6.07) is 1.82. The molecule has 2 heterocycles. The van der Waals surface area contributed by atoms with Gasteiger partial charge in [-0.05, 0) is 25.8 Å². The van der Waals surface area contributed by atoms with Crippen LogP contribution in [0.25, 0.3) is 0 Å². The smallest absolute Gasteiger partial charge is 0.140 e. The molecule has 1 atom stereocenters. The molecule has 16 heavy (non-hydrogen) atoms. The second-order valence-corrected chi connectivity index (χ2v) is 4.63. The fraction of sp³-hybridized carbons (Fsp3) is 0.636. The van der Waals surface area contributed by atoms with Gasteiger partial charge in [0.15, 0.2) is 0 Å². The van der Waals surface area contributed by atoms with Gasteiger partial charge in [0.05, 0.1) is 6.61 Å². The van der Waals surface area contributed by atoms with E-state index in [9.17, 15) is 0 Å². The number of nitrogens with zero attached hydrogens (tertiary/aromatic N) is 1. The first kappa shape index (κ1) is 11.7. The number of hydrogen-bond acceptors (Lipinski definition) is 4. The highest BCUT2D eigenvalue weighted by atomic mass is 32.1. The second kappa shape index (κ2) is 4.61. The lowest BCUT2D eigenvalue weighted by molar-refractivity contribution is 0.00877. The SMILES string of the molecule is COCc1cc(=S)nc(C2(C)CCCO2)[nH]1. The lowest BCUT2D eigenvalue weighted by Crippen LogP contribution is -2.24. The molecule has 2 rings (SSSR count). The minimum atomic E-state index is -0.322. The highest BCUT2D eigenvalue weighted by Crippen LogP contribution is 2.33. The van der Waals surface area contributed by atoms with Crippen LogP contribution >= 0.6 is 12.2 Å². The number of ether oxygens (including phenoxy) is 2. The van der Waals surface area contributed by atoms with Crippen LogP contribution in [-0.4, -0.2) is 23.7 Å². The fourth-order valence-corrected chi connectivity index (χ4v) is 2.19. The largest absolute Gasteiger partial charge is 0.378 e. The molecular weight excluding hydrogens is 224 g/mol. The summed E-state index contributed by atoms with van der Waals surface area (Å²) in [5.41, 5.74) is 0.617. The van der Waals surface area contributed by atoms with Crippen molar-refractivity contribution in [3.05, 3.63) is 22.2 Å². The van der Waals surface area contributed by atoms with Gasteiger partial charge in [-0.25, -0.2) is 4.98 Å². The van der Waals surface area contributed by atoms with Crippen LogP contribution in [0.15, 0.2) is 6.07 Å². The Kier molecular flexibility index (Phi) is 3.37. The van der Waals surface area contributed by atoms with Crippen molar-refractivity contribution in [2.45, 2.75) is 32.0 Å². The third kappa shape index (κ3) is 2.31. The summed E-state index contributed by atoms with van der Waals surface area (Å²) in [5, 5.41) is 0. The van der Waals surface area contributed by atoms with Crippen LogP contribution in [0.1, 0.15) is 31.3 Å². The summed E-state index contributed by atoms with van der Waals surface area (Å²) >= 11 is 5.14. The highest BCUT2D eigenvalue weighted by Gasteiger charge is 2.34. The van der Waals surface area contributed by atoms with Gasteiger partial charge in [-0.15, -0.1) is 0 Å². The zero-order chi connectivity index (χ0) is 11.6. The maximum Gasteiger partial charge on any atom is 0.140 e. The van der Waals surface area contributed by atoms with Crippen LogP contribution in [0.3, 0.4) is 0 Å². The van der Waals surface area contributed by atoms with Crippen molar-refractivity contribution in [1.29, 1.82) is 0 Å². The minimum absolute atomic E-state index is 0.322. The summed E-state index contributed by atoms with van der Waals surface area (Å²) in [6.07, 6.45) is 2.04. The lowest BCUT2D eigenvalue weighted by Gasteiger charge is -2.22. The first-order chi connectivity index (χ1) is 7.64. The van der Waals surface area contributed by atoms with E-state index >= 15 is 0 Å². The number of rotatable bonds is 3. The molecule has 88 valence electrons. The molecule has 1 saturated heterocycles. The zero-order valence-corrected chi connectivity index (χ0v) is 10.4. The molecular formula is C11H16N2O2S. The molecule has 0 saturated carbocycles. The van der Waals surface area contributed by atoms with E-state index < -0.39 is 0 Å².